The van der Waals surface area contributed by atoms with Crippen LogP contribution in [0, 0.1) is 0 Å². The molecule has 0 atom stereocenters. The van der Waals surface area contributed by atoms with E-state index in [0.717, 1.165) is 24.8 Å². The number of azide groups is 1. The second-order valence-electron chi connectivity index (χ2n) is 5.07. The Bertz CT molecular complexity index is 758. The van der Waals surface area contributed by atoms with Gasteiger partial charge in [-0.3, -0.25) is 0 Å². The fourth-order valence-corrected chi connectivity index (χ4v) is 2.93. The summed E-state index contributed by atoms with van der Waals surface area (Å²) in [6.45, 7) is 0. The van der Waals surface area contributed by atoms with E-state index in [1.165, 1.54) is 16.7 Å². The Morgan fingerprint density at radius 1 is 1.14 bits per heavy atom. The molecule has 0 fully saturated rings. The van der Waals surface area contributed by atoms with Crippen molar-refractivity contribution in [1.82, 2.24) is 0 Å². The molecule has 4 heteroatoms. The van der Waals surface area contributed by atoms with Crippen molar-refractivity contribution < 1.29 is 0 Å². The van der Waals surface area contributed by atoms with Crippen LogP contribution in [0.5, 0.6) is 0 Å². The van der Waals surface area contributed by atoms with Gasteiger partial charge in [0.15, 0.2) is 0 Å². The Morgan fingerprint density at radius 2 is 2.00 bits per heavy atom. The molecule has 0 bridgehead atoms. The number of halogens is 1. The fourth-order valence-electron chi connectivity index (χ4n) is 2.77. The van der Waals surface area contributed by atoms with Crippen molar-refractivity contribution in [3.05, 3.63) is 74.6 Å². The predicted octanol–water partition coefficient (Wildman–Crippen LogP) is 6.16. The number of nitrogens with zero attached hydrogens (tertiary/aromatic N) is 3. The summed E-state index contributed by atoms with van der Waals surface area (Å²) in [5.41, 5.74) is 14.1. The van der Waals surface area contributed by atoms with E-state index in [2.05, 4.69) is 40.4 Å². The molecule has 0 radical (unpaired) electrons. The van der Waals surface area contributed by atoms with Crippen molar-refractivity contribution in [2.75, 3.05) is 0 Å². The normalized spacial score (nSPS) is 15.4. The average molecular weight is 296 g/mol. The predicted molar refractivity (Wildman–Crippen MR) is 87.5 cm³/mol. The lowest BCUT2D eigenvalue weighted by Gasteiger charge is -2.19. The van der Waals surface area contributed by atoms with Gasteiger partial charge in [-0.15, -0.1) is 0 Å². The van der Waals surface area contributed by atoms with E-state index in [1.54, 1.807) is 6.07 Å². The molecule has 0 aliphatic heterocycles. The Morgan fingerprint density at radius 3 is 2.86 bits per heavy atom. The molecular weight excluding hydrogens is 282 g/mol. The molecule has 3 nitrogen and oxygen atoms in total. The fraction of sp³-hybridized carbons (Fsp3) is 0.176. The van der Waals surface area contributed by atoms with Gasteiger partial charge in [0.2, 0.25) is 0 Å². The minimum atomic E-state index is 0.570. The SMILES string of the molecule is [N-]=[N+]=Nc1cc(Cl)ccc1/C=C1\CCCc2ccccc21. The summed E-state index contributed by atoms with van der Waals surface area (Å²) >= 11 is 5.97. The first kappa shape index (κ1) is 13.7. The molecule has 0 N–H and O–H groups in total. The number of aryl methyl sites for hydroxylation is 1. The van der Waals surface area contributed by atoms with E-state index >= 15 is 0 Å². The molecule has 0 unspecified atom stereocenters. The van der Waals surface area contributed by atoms with Crippen LogP contribution in [0.1, 0.15) is 29.5 Å². The Labute approximate surface area is 128 Å². The zero-order valence-corrected chi connectivity index (χ0v) is 12.2. The van der Waals surface area contributed by atoms with Crippen molar-refractivity contribution in [2.45, 2.75) is 19.3 Å². The molecule has 0 saturated heterocycles. The summed E-state index contributed by atoms with van der Waals surface area (Å²) in [6, 6.07) is 13.9. The molecule has 0 saturated carbocycles. The van der Waals surface area contributed by atoms with E-state index in [9.17, 15) is 0 Å². The third-order valence-electron chi connectivity index (χ3n) is 3.73. The van der Waals surface area contributed by atoms with E-state index in [-0.39, 0.29) is 0 Å². The summed E-state index contributed by atoms with van der Waals surface area (Å²) in [5, 5.41) is 4.31. The highest BCUT2D eigenvalue weighted by Gasteiger charge is 2.13. The minimum absolute atomic E-state index is 0.570. The van der Waals surface area contributed by atoms with Crippen LogP contribution in [0.4, 0.5) is 5.69 Å². The van der Waals surface area contributed by atoms with Gasteiger partial charge >= 0.3 is 0 Å². The largest absolute Gasteiger partial charge is 0.0843 e. The summed E-state index contributed by atoms with van der Waals surface area (Å²) in [7, 11) is 0. The van der Waals surface area contributed by atoms with Crippen molar-refractivity contribution in [3.63, 3.8) is 0 Å². The van der Waals surface area contributed by atoms with Crippen molar-refractivity contribution in [1.29, 1.82) is 0 Å². The molecule has 3 rings (SSSR count). The zero-order valence-electron chi connectivity index (χ0n) is 11.5. The van der Waals surface area contributed by atoms with Crippen LogP contribution in [0.3, 0.4) is 0 Å². The molecule has 1 aliphatic rings. The third kappa shape index (κ3) is 2.94. The first-order valence-electron chi connectivity index (χ1n) is 6.91. The standard InChI is InChI=1S/C17H14ClN3/c18-15-9-8-14(17(11-15)20-21-19)10-13-6-3-5-12-4-1-2-7-16(12)13/h1-2,4,7-11H,3,5-6H2/b13-10+. The van der Waals surface area contributed by atoms with Gasteiger partial charge in [0.1, 0.15) is 0 Å². The van der Waals surface area contributed by atoms with Gasteiger partial charge in [-0.1, -0.05) is 53.1 Å². The van der Waals surface area contributed by atoms with Gasteiger partial charge in [0.05, 0.1) is 0 Å². The molecule has 21 heavy (non-hydrogen) atoms. The lowest BCUT2D eigenvalue weighted by molar-refractivity contribution is 0.824. The number of hydrogen-bond donors (Lipinski definition) is 0. The highest BCUT2D eigenvalue weighted by atomic mass is 35.5. The van der Waals surface area contributed by atoms with Crippen LogP contribution >= 0.6 is 11.6 Å². The third-order valence-corrected chi connectivity index (χ3v) is 3.97. The number of rotatable bonds is 2. The van der Waals surface area contributed by atoms with Crippen LogP contribution in [-0.4, -0.2) is 0 Å². The molecule has 2 aromatic rings. The summed E-state index contributed by atoms with van der Waals surface area (Å²) in [4.78, 5) is 2.88. The van der Waals surface area contributed by atoms with Crippen LogP contribution in [0.2, 0.25) is 5.02 Å². The second-order valence-corrected chi connectivity index (χ2v) is 5.51. The zero-order chi connectivity index (χ0) is 14.7. The number of hydrogen-bond acceptors (Lipinski definition) is 1. The van der Waals surface area contributed by atoms with Crippen molar-refractivity contribution in [2.24, 2.45) is 5.11 Å². The van der Waals surface area contributed by atoms with Crippen LogP contribution in [0.25, 0.3) is 22.1 Å². The highest BCUT2D eigenvalue weighted by molar-refractivity contribution is 6.30. The summed E-state index contributed by atoms with van der Waals surface area (Å²) in [6.07, 6.45) is 5.41. The highest BCUT2D eigenvalue weighted by Crippen LogP contribution is 2.34. The Kier molecular flexibility index (Phi) is 3.96. The van der Waals surface area contributed by atoms with Crippen LogP contribution in [0.15, 0.2) is 47.6 Å². The molecule has 2 aromatic carbocycles. The topological polar surface area (TPSA) is 48.8 Å². The monoisotopic (exact) mass is 295 g/mol. The number of fused-ring (bicyclic) bond motifs is 1. The molecule has 0 spiro atoms. The van der Waals surface area contributed by atoms with E-state index < -0.39 is 0 Å². The van der Waals surface area contributed by atoms with Gasteiger partial charge in [0, 0.05) is 15.6 Å². The lowest BCUT2D eigenvalue weighted by atomic mass is 9.86. The van der Waals surface area contributed by atoms with Gasteiger partial charge < -0.3 is 0 Å². The average Bonchev–Trinajstić information content (AvgIpc) is 2.50. The second kappa shape index (κ2) is 6.04. The van der Waals surface area contributed by atoms with Crippen LogP contribution in [-0.2, 0) is 6.42 Å². The maximum absolute atomic E-state index is 8.69. The molecule has 104 valence electrons. The van der Waals surface area contributed by atoms with Gasteiger partial charge in [-0.25, -0.2) is 0 Å². The van der Waals surface area contributed by atoms with E-state index in [0.29, 0.717) is 10.7 Å². The smallest absolute Gasteiger partial charge is 0.0462 e. The Balaban J connectivity index is 2.10. The summed E-state index contributed by atoms with van der Waals surface area (Å²) in [5.74, 6) is 0. The number of allylic oxidation sites excluding steroid dienone is 1. The van der Waals surface area contributed by atoms with Gasteiger partial charge in [-0.05, 0) is 59.2 Å². The molecule has 1 aliphatic carbocycles. The van der Waals surface area contributed by atoms with E-state index in [4.69, 9.17) is 17.1 Å². The maximum Gasteiger partial charge on any atom is 0.0462 e. The quantitative estimate of drug-likeness (QED) is 0.362. The van der Waals surface area contributed by atoms with Gasteiger partial charge in [0.25, 0.3) is 0 Å². The molecule has 0 aromatic heterocycles. The maximum atomic E-state index is 8.69. The first-order chi connectivity index (χ1) is 10.3. The van der Waals surface area contributed by atoms with E-state index in [1.807, 2.05) is 12.1 Å². The Hall–Kier alpha value is -2.22. The summed E-state index contributed by atoms with van der Waals surface area (Å²) < 4.78 is 0. The van der Waals surface area contributed by atoms with Crippen molar-refractivity contribution >= 4 is 28.9 Å². The van der Waals surface area contributed by atoms with Crippen molar-refractivity contribution in [3.8, 4) is 0 Å². The molecule has 0 heterocycles. The molecular formula is C17H14ClN3. The number of benzene rings is 2. The molecule has 0 amide bonds. The van der Waals surface area contributed by atoms with Gasteiger partial charge in [-0.2, -0.15) is 0 Å². The first-order valence-corrected chi connectivity index (χ1v) is 7.29. The lowest BCUT2D eigenvalue weighted by Crippen LogP contribution is -2.01. The van der Waals surface area contributed by atoms with Crippen LogP contribution < -0.4 is 0 Å². The minimum Gasteiger partial charge on any atom is -0.0843 e.